The van der Waals surface area contributed by atoms with E-state index < -0.39 is 12.0 Å². The van der Waals surface area contributed by atoms with E-state index in [1.54, 1.807) is 0 Å². The second-order valence-electron chi connectivity index (χ2n) is 3.37. The van der Waals surface area contributed by atoms with Crippen LogP contribution in [0.2, 0.25) is 0 Å². The number of carbonyl (C=O) groups is 2. The van der Waals surface area contributed by atoms with Crippen LogP contribution in [0.3, 0.4) is 0 Å². The summed E-state index contributed by atoms with van der Waals surface area (Å²) >= 11 is 1.27. The number of rotatable bonds is 6. The lowest BCUT2D eigenvalue weighted by Gasteiger charge is -2.08. The van der Waals surface area contributed by atoms with Gasteiger partial charge in [0, 0.05) is 6.04 Å². The maximum Gasteiger partial charge on any atom is 0.230 e. The average Bonchev–Trinajstić information content (AvgIpc) is 2.87. The van der Waals surface area contributed by atoms with Crippen molar-refractivity contribution in [1.29, 1.82) is 0 Å². The summed E-state index contributed by atoms with van der Waals surface area (Å²) < 4.78 is 0. The number of quaternary nitrogens is 1. The molecule has 1 rings (SSSR count). The largest absolute Gasteiger partial charge is 0.544 e. The first-order valence-electron chi connectivity index (χ1n) is 4.50. The number of amides is 1. The maximum atomic E-state index is 11.1. The van der Waals surface area contributed by atoms with Gasteiger partial charge in [0.25, 0.3) is 0 Å². The highest BCUT2D eigenvalue weighted by molar-refractivity contribution is 8.00. The van der Waals surface area contributed by atoms with Crippen LogP contribution in [0.4, 0.5) is 0 Å². The summed E-state index contributed by atoms with van der Waals surface area (Å²) in [7, 11) is 0. The predicted molar refractivity (Wildman–Crippen MR) is 50.2 cm³/mol. The van der Waals surface area contributed by atoms with Gasteiger partial charge in [0.05, 0.1) is 17.5 Å². The molecule has 0 saturated heterocycles. The van der Waals surface area contributed by atoms with Crippen molar-refractivity contribution >= 4 is 23.6 Å². The summed E-state index contributed by atoms with van der Waals surface area (Å²) in [5, 5.41) is 13.1. The van der Waals surface area contributed by atoms with E-state index in [0.717, 1.165) is 12.8 Å². The second-order valence-corrected chi connectivity index (χ2v) is 4.40. The van der Waals surface area contributed by atoms with Gasteiger partial charge >= 0.3 is 0 Å². The van der Waals surface area contributed by atoms with Gasteiger partial charge in [-0.2, -0.15) is 0 Å². The molecule has 0 heterocycles. The van der Waals surface area contributed by atoms with E-state index in [4.69, 9.17) is 0 Å². The lowest BCUT2D eigenvalue weighted by atomic mass is 10.4. The molecule has 6 heteroatoms. The topological polar surface area (TPSA) is 96.9 Å². The van der Waals surface area contributed by atoms with Crippen molar-refractivity contribution in [2.24, 2.45) is 0 Å². The van der Waals surface area contributed by atoms with Crippen LogP contribution >= 0.6 is 11.8 Å². The Bertz CT molecular complexity index is 231. The van der Waals surface area contributed by atoms with Crippen LogP contribution < -0.4 is 16.2 Å². The van der Waals surface area contributed by atoms with Gasteiger partial charge in [0.15, 0.2) is 0 Å². The van der Waals surface area contributed by atoms with Gasteiger partial charge < -0.3 is 21.0 Å². The van der Waals surface area contributed by atoms with Crippen LogP contribution in [-0.2, 0) is 9.59 Å². The van der Waals surface area contributed by atoms with Crippen molar-refractivity contribution in [2.45, 2.75) is 24.9 Å². The smallest absolute Gasteiger partial charge is 0.230 e. The van der Waals surface area contributed by atoms with Gasteiger partial charge in [-0.3, -0.25) is 4.79 Å². The van der Waals surface area contributed by atoms with E-state index in [2.05, 4.69) is 11.1 Å². The standard InChI is InChI=1S/C8H14N2O3S/c9-6(8(12)13)3-14-4-7(11)10-5-1-2-5/h5-6H,1-4,9H2,(H,10,11)(H,12,13)/t6-/m0/s1. The van der Waals surface area contributed by atoms with Gasteiger partial charge in [-0.1, -0.05) is 0 Å². The van der Waals surface area contributed by atoms with Crippen LogP contribution in [0.25, 0.3) is 0 Å². The quantitative estimate of drug-likeness (QED) is 0.509. The van der Waals surface area contributed by atoms with Gasteiger partial charge in [-0.15, -0.1) is 11.8 Å². The highest BCUT2D eigenvalue weighted by Gasteiger charge is 2.23. The van der Waals surface area contributed by atoms with Gasteiger partial charge in [-0.05, 0) is 12.8 Å². The minimum atomic E-state index is -1.17. The van der Waals surface area contributed by atoms with E-state index in [1.165, 1.54) is 11.8 Å². The maximum absolute atomic E-state index is 11.1. The number of hydrogen-bond donors (Lipinski definition) is 2. The van der Waals surface area contributed by atoms with E-state index in [1.807, 2.05) is 0 Å². The van der Waals surface area contributed by atoms with Gasteiger partial charge in [0.1, 0.15) is 6.04 Å². The fraction of sp³-hybridized carbons (Fsp3) is 0.750. The number of thioether (sulfide) groups is 1. The molecule has 5 nitrogen and oxygen atoms in total. The number of nitrogens with one attached hydrogen (secondary N) is 1. The summed E-state index contributed by atoms with van der Waals surface area (Å²) in [4.78, 5) is 21.4. The molecule has 0 aromatic heterocycles. The average molecular weight is 218 g/mol. The summed E-state index contributed by atoms with van der Waals surface area (Å²) in [6.45, 7) is 0. The summed E-state index contributed by atoms with van der Waals surface area (Å²) in [6.07, 6.45) is 2.13. The fourth-order valence-electron chi connectivity index (χ4n) is 0.859. The summed E-state index contributed by atoms with van der Waals surface area (Å²) in [5.74, 6) is -0.570. The molecular formula is C8H14N2O3S. The molecule has 4 N–H and O–H groups in total. The van der Waals surface area contributed by atoms with E-state index >= 15 is 0 Å². The van der Waals surface area contributed by atoms with E-state index in [0.29, 0.717) is 17.5 Å². The Morgan fingerprint density at radius 1 is 1.57 bits per heavy atom. The van der Waals surface area contributed by atoms with E-state index in [9.17, 15) is 14.7 Å². The molecule has 1 amide bonds. The molecule has 14 heavy (non-hydrogen) atoms. The Morgan fingerprint density at radius 3 is 2.71 bits per heavy atom. The number of aliphatic carboxylic acids is 1. The summed E-state index contributed by atoms with van der Waals surface area (Å²) in [5.41, 5.74) is 3.39. The van der Waals surface area contributed by atoms with Crippen molar-refractivity contribution in [3.05, 3.63) is 0 Å². The Kier molecular flexibility index (Phi) is 4.21. The Hall–Kier alpha value is -0.750. The molecule has 0 aromatic carbocycles. The molecule has 1 aliphatic carbocycles. The number of carbonyl (C=O) groups excluding carboxylic acids is 2. The van der Waals surface area contributed by atoms with Crippen molar-refractivity contribution in [1.82, 2.24) is 5.32 Å². The molecule has 0 spiro atoms. The van der Waals surface area contributed by atoms with Crippen molar-refractivity contribution in [3.8, 4) is 0 Å². The van der Waals surface area contributed by atoms with Crippen molar-refractivity contribution in [3.63, 3.8) is 0 Å². The number of hydrogen-bond acceptors (Lipinski definition) is 4. The number of carboxylic acid groups (broad SMARTS) is 1. The lowest BCUT2D eigenvalue weighted by molar-refractivity contribution is -0.431. The second kappa shape index (κ2) is 5.21. The Morgan fingerprint density at radius 2 is 2.21 bits per heavy atom. The molecule has 0 unspecified atom stereocenters. The Balaban J connectivity index is 2.01. The first-order chi connectivity index (χ1) is 6.59. The molecule has 1 fully saturated rings. The van der Waals surface area contributed by atoms with Crippen LogP contribution in [0.5, 0.6) is 0 Å². The third kappa shape index (κ3) is 4.48. The van der Waals surface area contributed by atoms with Crippen LogP contribution in [0, 0.1) is 0 Å². The molecule has 1 atom stereocenters. The monoisotopic (exact) mass is 218 g/mol. The molecule has 80 valence electrons. The first kappa shape index (κ1) is 11.3. The third-order valence-electron chi connectivity index (χ3n) is 1.83. The zero-order valence-electron chi connectivity index (χ0n) is 7.82. The number of carboxylic acids is 1. The minimum absolute atomic E-state index is 0.0250. The van der Waals surface area contributed by atoms with E-state index in [-0.39, 0.29) is 5.91 Å². The van der Waals surface area contributed by atoms with Crippen molar-refractivity contribution in [2.75, 3.05) is 11.5 Å². The predicted octanol–water partition coefficient (Wildman–Crippen LogP) is -2.64. The van der Waals surface area contributed by atoms with Crippen LogP contribution in [-0.4, -0.2) is 35.5 Å². The molecule has 0 aromatic rings. The minimum Gasteiger partial charge on any atom is -0.544 e. The third-order valence-corrected chi connectivity index (χ3v) is 2.93. The highest BCUT2D eigenvalue weighted by atomic mass is 32.2. The zero-order valence-corrected chi connectivity index (χ0v) is 8.64. The molecule has 0 aliphatic heterocycles. The molecule has 0 radical (unpaired) electrons. The fourth-order valence-corrected chi connectivity index (χ4v) is 1.67. The first-order valence-corrected chi connectivity index (χ1v) is 5.66. The van der Waals surface area contributed by atoms with Crippen LogP contribution in [0.15, 0.2) is 0 Å². The highest BCUT2D eigenvalue weighted by Crippen LogP contribution is 2.18. The normalized spacial score (nSPS) is 17.5. The van der Waals surface area contributed by atoms with Crippen LogP contribution in [0.1, 0.15) is 12.8 Å². The summed E-state index contributed by atoms with van der Waals surface area (Å²) in [6, 6.07) is -0.381. The van der Waals surface area contributed by atoms with Crippen molar-refractivity contribution < 1.29 is 20.4 Å². The lowest BCUT2D eigenvalue weighted by Crippen LogP contribution is -2.69. The van der Waals surface area contributed by atoms with Gasteiger partial charge in [-0.25, -0.2) is 0 Å². The zero-order chi connectivity index (χ0) is 10.6. The molecular weight excluding hydrogens is 204 g/mol. The SMILES string of the molecule is [NH3+][C@@H](CSCC(=O)NC1CC1)C(=O)[O-]. The Labute approximate surface area is 86.4 Å². The molecule has 1 aliphatic rings. The van der Waals surface area contributed by atoms with Gasteiger partial charge in [0.2, 0.25) is 5.91 Å². The molecule has 0 bridgehead atoms. The molecule has 1 saturated carbocycles.